The van der Waals surface area contributed by atoms with Gasteiger partial charge in [-0.1, -0.05) is 42.0 Å². The maximum Gasteiger partial charge on any atom is 0.297 e. The summed E-state index contributed by atoms with van der Waals surface area (Å²) in [7, 11) is 0. The highest BCUT2D eigenvalue weighted by Gasteiger charge is 2.21. The summed E-state index contributed by atoms with van der Waals surface area (Å²) in [5.74, 6) is 1.54. The molecule has 0 saturated heterocycles. The molecule has 17 heavy (non-hydrogen) atoms. The fourth-order valence-electron chi connectivity index (χ4n) is 1.09. The molecule has 0 radical (unpaired) electrons. The van der Waals surface area contributed by atoms with Gasteiger partial charge in [-0.15, -0.1) is 0 Å². The lowest BCUT2D eigenvalue weighted by molar-refractivity contribution is 0.344. The van der Waals surface area contributed by atoms with E-state index in [0.717, 1.165) is 12.2 Å². The first-order valence-electron chi connectivity index (χ1n) is 5.44. The van der Waals surface area contributed by atoms with E-state index in [1.807, 2.05) is 25.1 Å². The third-order valence-corrected chi connectivity index (χ3v) is 7.53. The van der Waals surface area contributed by atoms with Crippen molar-refractivity contribution in [2.45, 2.75) is 20.3 Å². The van der Waals surface area contributed by atoms with E-state index in [4.69, 9.17) is 32.5 Å². The number of hydrogen-bond donors (Lipinski definition) is 0. The van der Waals surface area contributed by atoms with Gasteiger partial charge in [-0.25, -0.2) is 0 Å². The first-order valence-corrected chi connectivity index (χ1v) is 10.0. The topological polar surface area (TPSA) is 18.5 Å². The van der Waals surface area contributed by atoms with Crippen LogP contribution in [0.3, 0.4) is 0 Å². The average molecular weight is 311 g/mol. The molecule has 6 heteroatoms. The second-order valence-electron chi connectivity index (χ2n) is 3.22. The fraction of sp³-hybridized carbons (Fsp3) is 0.455. The molecule has 0 amide bonds. The molecular formula is C11H16ClO2PS2. The second kappa shape index (κ2) is 7.65. The first-order chi connectivity index (χ1) is 8.11. The van der Waals surface area contributed by atoms with Crippen LogP contribution >= 0.6 is 28.7 Å². The van der Waals surface area contributed by atoms with Crippen molar-refractivity contribution >= 4 is 40.5 Å². The van der Waals surface area contributed by atoms with E-state index in [0.29, 0.717) is 17.4 Å². The molecule has 1 unspecified atom stereocenters. The van der Waals surface area contributed by atoms with Crippen LogP contribution in [0.2, 0.25) is 5.02 Å². The van der Waals surface area contributed by atoms with Crippen molar-refractivity contribution in [3.05, 3.63) is 29.3 Å². The lowest BCUT2D eigenvalue weighted by atomic mass is 10.3. The third-order valence-electron chi connectivity index (χ3n) is 1.79. The molecule has 0 aliphatic carbocycles. The summed E-state index contributed by atoms with van der Waals surface area (Å²) >= 11 is 13.1. The summed E-state index contributed by atoms with van der Waals surface area (Å²) in [6.07, 6.45) is 1.04. The molecule has 2 nitrogen and oxygen atoms in total. The minimum Gasteiger partial charge on any atom is -0.435 e. The Balaban J connectivity index is 2.79. The minimum atomic E-state index is -2.32. The van der Waals surface area contributed by atoms with Gasteiger partial charge in [-0.05, 0) is 37.3 Å². The molecule has 1 rings (SSSR count). The fourth-order valence-corrected chi connectivity index (χ4v) is 6.01. The van der Waals surface area contributed by atoms with Gasteiger partial charge in [-0.3, -0.25) is 0 Å². The Kier molecular flexibility index (Phi) is 6.90. The Labute approximate surface area is 117 Å². The van der Waals surface area contributed by atoms with Crippen molar-refractivity contribution in [1.29, 1.82) is 0 Å². The Morgan fingerprint density at radius 1 is 1.35 bits per heavy atom. The number of rotatable bonds is 7. The van der Waals surface area contributed by atoms with Crippen LogP contribution in [0.15, 0.2) is 24.3 Å². The molecule has 0 heterocycles. The van der Waals surface area contributed by atoms with E-state index < -0.39 is 5.69 Å². The predicted molar refractivity (Wildman–Crippen MR) is 80.7 cm³/mol. The van der Waals surface area contributed by atoms with Gasteiger partial charge in [0.15, 0.2) is 0 Å². The van der Waals surface area contributed by atoms with Gasteiger partial charge in [0.25, 0.3) is 5.69 Å². The zero-order valence-corrected chi connectivity index (χ0v) is 13.2. The molecule has 0 bridgehead atoms. The van der Waals surface area contributed by atoms with Gasteiger partial charge in [0.05, 0.1) is 11.6 Å². The van der Waals surface area contributed by atoms with Crippen LogP contribution in [0.5, 0.6) is 5.75 Å². The monoisotopic (exact) mass is 310 g/mol. The van der Waals surface area contributed by atoms with Crippen molar-refractivity contribution in [1.82, 2.24) is 0 Å². The van der Waals surface area contributed by atoms with E-state index in [2.05, 4.69) is 6.92 Å². The summed E-state index contributed by atoms with van der Waals surface area (Å²) < 4.78 is 11.4. The van der Waals surface area contributed by atoms with Crippen LogP contribution in [0.25, 0.3) is 0 Å². The molecule has 0 N–H and O–H groups in total. The Bertz CT molecular complexity index is 401. The quantitative estimate of drug-likeness (QED) is 0.650. The summed E-state index contributed by atoms with van der Waals surface area (Å²) in [4.78, 5) is 0. The second-order valence-corrected chi connectivity index (χ2v) is 9.98. The molecule has 0 fully saturated rings. The van der Waals surface area contributed by atoms with Crippen molar-refractivity contribution in [2.75, 3.05) is 12.4 Å². The van der Waals surface area contributed by atoms with Gasteiger partial charge < -0.3 is 9.05 Å². The average Bonchev–Trinajstić information content (AvgIpc) is 2.30. The van der Waals surface area contributed by atoms with Crippen molar-refractivity contribution < 1.29 is 9.05 Å². The smallest absolute Gasteiger partial charge is 0.297 e. The Hall–Kier alpha value is 0.270. The Morgan fingerprint density at radius 3 is 2.65 bits per heavy atom. The molecule has 1 aromatic carbocycles. The van der Waals surface area contributed by atoms with Crippen LogP contribution in [0.4, 0.5) is 0 Å². The molecule has 0 aliphatic heterocycles. The summed E-state index contributed by atoms with van der Waals surface area (Å²) in [6, 6.07) is 7.33. The maximum atomic E-state index is 6.05. The van der Waals surface area contributed by atoms with Gasteiger partial charge in [0, 0.05) is 5.75 Å². The van der Waals surface area contributed by atoms with Gasteiger partial charge in [0.1, 0.15) is 5.75 Å². The highest BCUT2D eigenvalue weighted by molar-refractivity contribution is 8.68. The van der Waals surface area contributed by atoms with E-state index in [9.17, 15) is 0 Å². The molecule has 1 atom stereocenters. The number of halogens is 1. The SMILES string of the molecule is CCCSP(=S)(OCC)Oc1ccccc1Cl. The normalized spacial score (nSPS) is 14.3. The summed E-state index contributed by atoms with van der Waals surface area (Å²) in [6.45, 7) is 4.58. The van der Waals surface area contributed by atoms with Gasteiger partial charge in [0.2, 0.25) is 0 Å². The zero-order valence-electron chi connectivity index (χ0n) is 9.89. The van der Waals surface area contributed by atoms with Crippen LogP contribution in [-0.4, -0.2) is 12.4 Å². The molecule has 0 aromatic heterocycles. The zero-order chi connectivity index (χ0) is 12.7. The maximum absolute atomic E-state index is 6.05. The molecule has 0 aliphatic rings. The van der Waals surface area contributed by atoms with Crippen molar-refractivity contribution in [3.8, 4) is 5.75 Å². The lowest BCUT2D eigenvalue weighted by Crippen LogP contribution is -1.96. The van der Waals surface area contributed by atoms with Crippen LogP contribution < -0.4 is 4.52 Å². The predicted octanol–water partition coefficient (Wildman–Crippen LogP) is 5.12. The van der Waals surface area contributed by atoms with E-state index in [1.165, 1.54) is 0 Å². The van der Waals surface area contributed by atoms with Gasteiger partial charge >= 0.3 is 0 Å². The van der Waals surface area contributed by atoms with E-state index >= 15 is 0 Å². The van der Waals surface area contributed by atoms with Crippen LogP contribution in [0.1, 0.15) is 20.3 Å². The Morgan fingerprint density at radius 2 is 2.06 bits per heavy atom. The number of benzene rings is 1. The highest BCUT2D eigenvalue weighted by Crippen LogP contribution is 2.61. The van der Waals surface area contributed by atoms with Gasteiger partial charge in [-0.2, -0.15) is 0 Å². The van der Waals surface area contributed by atoms with Crippen molar-refractivity contribution in [3.63, 3.8) is 0 Å². The van der Waals surface area contributed by atoms with Crippen LogP contribution in [0, 0.1) is 0 Å². The number of hydrogen-bond acceptors (Lipinski definition) is 4. The standard InChI is InChI=1S/C11H16ClO2PS2/c1-3-9-17-15(16,13-4-2)14-11-8-6-5-7-10(11)12/h5-8H,3-4,9H2,1-2H3. The molecule has 0 spiro atoms. The summed E-state index contributed by atoms with van der Waals surface area (Å²) in [5, 5.41) is 0.568. The largest absolute Gasteiger partial charge is 0.435 e. The molecule has 0 saturated carbocycles. The lowest BCUT2D eigenvalue weighted by Gasteiger charge is -2.21. The third kappa shape index (κ3) is 5.19. The molecule has 1 aromatic rings. The highest BCUT2D eigenvalue weighted by atomic mass is 35.5. The van der Waals surface area contributed by atoms with E-state index in [1.54, 1.807) is 17.4 Å². The van der Waals surface area contributed by atoms with E-state index in [-0.39, 0.29) is 0 Å². The molecule has 96 valence electrons. The number of para-hydroxylation sites is 1. The summed E-state index contributed by atoms with van der Waals surface area (Å²) in [5.41, 5.74) is -2.32. The van der Waals surface area contributed by atoms with Crippen molar-refractivity contribution in [2.24, 2.45) is 0 Å². The van der Waals surface area contributed by atoms with Crippen LogP contribution in [-0.2, 0) is 16.3 Å². The molecular weight excluding hydrogens is 295 g/mol. The first kappa shape index (κ1) is 15.3. The minimum absolute atomic E-state index is 0.554.